The van der Waals surface area contributed by atoms with Crippen LogP contribution in [0.3, 0.4) is 0 Å². The van der Waals surface area contributed by atoms with Gasteiger partial charge in [0.2, 0.25) is 0 Å². The van der Waals surface area contributed by atoms with Gasteiger partial charge in [0.25, 0.3) is 0 Å². The van der Waals surface area contributed by atoms with E-state index in [0.717, 1.165) is 16.3 Å². The smallest absolute Gasteiger partial charge is 0.352 e. The van der Waals surface area contributed by atoms with Crippen LogP contribution in [0.5, 0.6) is 0 Å². The predicted molar refractivity (Wildman–Crippen MR) is 93.3 cm³/mol. The molecule has 0 saturated heterocycles. The number of esters is 1. The quantitative estimate of drug-likeness (QED) is 0.425. The van der Waals surface area contributed by atoms with Crippen molar-refractivity contribution in [2.24, 2.45) is 5.92 Å². The number of thioether (sulfide) groups is 1. The van der Waals surface area contributed by atoms with E-state index >= 15 is 0 Å². The molecule has 1 aliphatic heterocycles. The van der Waals surface area contributed by atoms with E-state index in [2.05, 4.69) is 4.98 Å². The predicted octanol–water partition coefficient (Wildman–Crippen LogP) is 0.810. The molecule has 1 aromatic rings. The summed E-state index contributed by atoms with van der Waals surface area (Å²) >= 11 is 0.982. The summed E-state index contributed by atoms with van der Waals surface area (Å²) < 4.78 is 6.16. The van der Waals surface area contributed by atoms with E-state index in [1.54, 1.807) is 6.92 Å². The fourth-order valence-electron chi connectivity index (χ4n) is 2.12. The van der Waals surface area contributed by atoms with E-state index in [-0.39, 0.29) is 34.7 Å². The SMILES string of the molecule is CCC(C)C(=N)C(=O)OCC1=C(O)C(O)[C@H](n2ccc(N)nc2=O)S1. The highest BCUT2D eigenvalue weighted by Crippen LogP contribution is 2.43. The van der Waals surface area contributed by atoms with E-state index in [1.807, 2.05) is 6.92 Å². The van der Waals surface area contributed by atoms with Crippen molar-refractivity contribution < 1.29 is 19.7 Å². The third-order valence-electron chi connectivity index (χ3n) is 3.88. The topological polar surface area (TPSA) is 152 Å². The summed E-state index contributed by atoms with van der Waals surface area (Å²) in [6.07, 6.45) is 0.646. The van der Waals surface area contributed by atoms with Gasteiger partial charge in [0.1, 0.15) is 35.4 Å². The standard InChI is InChI=1S/C15H20N4O5S/c1-3-7(2)10(17)14(22)24-6-8-11(20)12(21)13(25-8)19-5-4-9(16)18-15(19)23/h4-5,7,12-13,17,20-21H,3,6H2,1-2H3,(H2,16,18,23)/t7?,12?,13-/m1/s1. The second-order valence-corrected chi connectivity index (χ2v) is 6.81. The van der Waals surface area contributed by atoms with Gasteiger partial charge in [-0.2, -0.15) is 4.98 Å². The third-order valence-corrected chi connectivity index (χ3v) is 5.22. The normalized spacial score (nSPS) is 21.2. The number of aromatic nitrogens is 2. The van der Waals surface area contributed by atoms with E-state index in [9.17, 15) is 19.8 Å². The number of ether oxygens (including phenoxy) is 1. The average molecular weight is 368 g/mol. The van der Waals surface area contributed by atoms with Crippen molar-refractivity contribution in [2.75, 3.05) is 12.3 Å². The van der Waals surface area contributed by atoms with Gasteiger partial charge >= 0.3 is 11.7 Å². The molecule has 0 spiro atoms. The Labute approximate surface area is 148 Å². The first-order valence-corrected chi connectivity index (χ1v) is 8.51. The van der Waals surface area contributed by atoms with Crippen LogP contribution in [0.25, 0.3) is 0 Å². The number of nitrogens with two attached hydrogens (primary N) is 1. The highest BCUT2D eigenvalue weighted by Gasteiger charge is 2.37. The van der Waals surface area contributed by atoms with Gasteiger partial charge in [-0.1, -0.05) is 25.6 Å². The van der Waals surface area contributed by atoms with Crippen molar-refractivity contribution in [3.63, 3.8) is 0 Å². The van der Waals surface area contributed by atoms with Crippen molar-refractivity contribution >= 4 is 29.3 Å². The second-order valence-electron chi connectivity index (χ2n) is 5.60. The molecule has 1 aromatic heterocycles. The fourth-order valence-corrected chi connectivity index (χ4v) is 3.31. The van der Waals surface area contributed by atoms with Crippen molar-refractivity contribution in [1.82, 2.24) is 9.55 Å². The molecule has 1 aliphatic rings. The zero-order chi connectivity index (χ0) is 18.7. The third kappa shape index (κ3) is 4.02. The Kier molecular flexibility index (Phi) is 5.85. The molecule has 0 aromatic carbocycles. The van der Waals surface area contributed by atoms with E-state index in [4.69, 9.17) is 15.9 Å². The number of carbonyl (C=O) groups is 1. The van der Waals surface area contributed by atoms with E-state index in [0.29, 0.717) is 6.42 Å². The number of nitrogens with zero attached hydrogens (tertiary/aromatic N) is 2. The van der Waals surface area contributed by atoms with Crippen LogP contribution in [0.4, 0.5) is 5.82 Å². The lowest BCUT2D eigenvalue weighted by Gasteiger charge is -2.16. The summed E-state index contributed by atoms with van der Waals surface area (Å²) in [5, 5.41) is 27.1. The van der Waals surface area contributed by atoms with Crippen LogP contribution in [0.1, 0.15) is 25.6 Å². The zero-order valence-electron chi connectivity index (χ0n) is 13.8. The van der Waals surface area contributed by atoms with Crippen LogP contribution in [0.15, 0.2) is 27.7 Å². The highest BCUT2D eigenvalue weighted by atomic mass is 32.2. The molecule has 25 heavy (non-hydrogen) atoms. The van der Waals surface area contributed by atoms with Gasteiger partial charge in [-0.25, -0.2) is 9.59 Å². The summed E-state index contributed by atoms with van der Waals surface area (Å²) in [7, 11) is 0. The molecule has 0 bridgehead atoms. The second kappa shape index (κ2) is 7.70. The summed E-state index contributed by atoms with van der Waals surface area (Å²) in [6.45, 7) is 3.30. The van der Waals surface area contributed by atoms with Crippen LogP contribution in [0.2, 0.25) is 0 Å². The first-order chi connectivity index (χ1) is 11.8. The molecule has 10 heteroatoms. The number of hydrogen-bond donors (Lipinski definition) is 4. The molecule has 0 radical (unpaired) electrons. The number of nitrogen functional groups attached to an aromatic ring is 1. The lowest BCUT2D eigenvalue weighted by atomic mass is 10.0. The van der Waals surface area contributed by atoms with Crippen molar-refractivity contribution in [3.8, 4) is 0 Å². The van der Waals surface area contributed by atoms with E-state index < -0.39 is 23.1 Å². The Bertz CT molecular complexity index is 775. The molecule has 0 fully saturated rings. The van der Waals surface area contributed by atoms with Crippen molar-refractivity contribution in [3.05, 3.63) is 33.4 Å². The average Bonchev–Trinajstić information content (AvgIpc) is 2.86. The van der Waals surface area contributed by atoms with Gasteiger partial charge in [-0.15, -0.1) is 0 Å². The maximum absolute atomic E-state index is 11.9. The van der Waals surface area contributed by atoms with Crippen LogP contribution < -0.4 is 11.4 Å². The molecule has 2 heterocycles. The van der Waals surface area contributed by atoms with Crippen LogP contribution in [-0.4, -0.2) is 44.2 Å². The minimum absolute atomic E-state index is 0.0497. The minimum atomic E-state index is -1.35. The van der Waals surface area contributed by atoms with E-state index in [1.165, 1.54) is 12.3 Å². The Hall–Kier alpha value is -2.33. The maximum Gasteiger partial charge on any atom is 0.352 e. The number of aliphatic hydroxyl groups is 2. The number of hydrogen-bond acceptors (Lipinski definition) is 9. The molecule has 0 saturated carbocycles. The number of carbonyl (C=O) groups excluding carboxylic acids is 1. The Morgan fingerprint density at radius 3 is 2.88 bits per heavy atom. The number of rotatable bonds is 6. The summed E-state index contributed by atoms with van der Waals surface area (Å²) in [5.41, 5.74) is 4.61. The first kappa shape index (κ1) is 19.0. The number of anilines is 1. The molecule has 0 amide bonds. The fraction of sp³-hybridized carbons (Fsp3) is 0.467. The minimum Gasteiger partial charge on any atom is -0.508 e. The van der Waals surface area contributed by atoms with Crippen LogP contribution in [-0.2, 0) is 9.53 Å². The van der Waals surface area contributed by atoms with Gasteiger partial charge in [-0.05, 0) is 12.5 Å². The van der Waals surface area contributed by atoms with Crippen LogP contribution >= 0.6 is 11.8 Å². The summed E-state index contributed by atoms with van der Waals surface area (Å²) in [6, 6.07) is 1.40. The highest BCUT2D eigenvalue weighted by molar-refractivity contribution is 8.03. The molecular weight excluding hydrogens is 348 g/mol. The largest absolute Gasteiger partial charge is 0.508 e. The lowest BCUT2D eigenvalue weighted by Crippen LogP contribution is -2.30. The van der Waals surface area contributed by atoms with Gasteiger partial charge in [0.15, 0.2) is 0 Å². The summed E-state index contributed by atoms with van der Waals surface area (Å²) in [4.78, 5) is 27.5. The molecular formula is C15H20N4O5S. The molecule has 0 aliphatic carbocycles. The van der Waals surface area contributed by atoms with Crippen molar-refractivity contribution in [1.29, 1.82) is 5.41 Å². The Balaban J connectivity index is 2.07. The zero-order valence-corrected chi connectivity index (χ0v) is 14.6. The molecule has 2 rings (SSSR count). The Morgan fingerprint density at radius 1 is 1.60 bits per heavy atom. The van der Waals surface area contributed by atoms with Gasteiger partial charge in [0.05, 0.1) is 4.91 Å². The lowest BCUT2D eigenvalue weighted by molar-refractivity contribution is -0.134. The molecule has 5 N–H and O–H groups in total. The van der Waals surface area contributed by atoms with Gasteiger partial charge < -0.3 is 20.7 Å². The van der Waals surface area contributed by atoms with Gasteiger partial charge in [-0.3, -0.25) is 9.98 Å². The number of nitrogens with one attached hydrogen (secondary N) is 1. The van der Waals surface area contributed by atoms with Gasteiger partial charge in [0, 0.05) is 12.1 Å². The molecule has 3 atom stereocenters. The monoisotopic (exact) mass is 368 g/mol. The molecule has 2 unspecified atom stereocenters. The maximum atomic E-state index is 11.9. The van der Waals surface area contributed by atoms with Crippen LogP contribution in [0, 0.1) is 11.3 Å². The Morgan fingerprint density at radius 2 is 2.28 bits per heavy atom. The number of aliphatic hydroxyl groups excluding tert-OH is 2. The molecule has 9 nitrogen and oxygen atoms in total. The first-order valence-electron chi connectivity index (χ1n) is 7.63. The molecule has 136 valence electrons. The van der Waals surface area contributed by atoms with Crippen molar-refractivity contribution in [2.45, 2.75) is 31.7 Å². The summed E-state index contributed by atoms with van der Waals surface area (Å²) in [5.74, 6) is -1.33.